The van der Waals surface area contributed by atoms with Crippen LogP contribution in [0.15, 0.2) is 16.6 Å². The number of rotatable bonds is 2. The molecule has 0 radical (unpaired) electrons. The van der Waals surface area contributed by atoms with Gasteiger partial charge in [0.25, 0.3) is 0 Å². The summed E-state index contributed by atoms with van der Waals surface area (Å²) in [6.07, 6.45) is 0. The van der Waals surface area contributed by atoms with Crippen LogP contribution < -0.4 is 4.74 Å². The van der Waals surface area contributed by atoms with Crippen molar-refractivity contribution in [2.24, 2.45) is 0 Å². The highest BCUT2D eigenvalue weighted by atomic mass is 127. The second-order valence-corrected chi connectivity index (χ2v) is 4.46. The third kappa shape index (κ3) is 2.43. The van der Waals surface area contributed by atoms with E-state index in [0.29, 0.717) is 5.56 Å². The van der Waals surface area contributed by atoms with E-state index in [2.05, 4.69) is 38.5 Å². The van der Waals surface area contributed by atoms with Gasteiger partial charge in [0, 0.05) is 10.0 Å². The number of ether oxygens (including phenoxy) is 1. The van der Waals surface area contributed by atoms with E-state index < -0.39 is 0 Å². The fraction of sp³-hybridized carbons (Fsp3) is 0.222. The molecule has 70 valence electrons. The minimum Gasteiger partial charge on any atom is -0.496 e. The Morgan fingerprint density at radius 1 is 1.54 bits per heavy atom. The maximum Gasteiger partial charge on any atom is 0.159 e. The fourth-order valence-electron chi connectivity index (χ4n) is 0.916. The Labute approximate surface area is 98.9 Å². The molecule has 0 aliphatic heterocycles. The van der Waals surface area contributed by atoms with Crippen molar-refractivity contribution in [3.8, 4) is 5.75 Å². The van der Waals surface area contributed by atoms with Crippen molar-refractivity contribution in [2.45, 2.75) is 6.92 Å². The monoisotopic (exact) mass is 354 g/mol. The van der Waals surface area contributed by atoms with E-state index >= 15 is 0 Å². The Morgan fingerprint density at radius 3 is 2.62 bits per heavy atom. The first kappa shape index (κ1) is 11.0. The summed E-state index contributed by atoms with van der Waals surface area (Å²) in [5.41, 5.74) is 0.657. The lowest BCUT2D eigenvalue weighted by Gasteiger charge is -2.06. The van der Waals surface area contributed by atoms with Gasteiger partial charge in [-0.15, -0.1) is 0 Å². The number of Topliss-reactive ketones (excluding diaryl/α,β-unsaturated/α-hetero) is 1. The number of ketones is 1. The van der Waals surface area contributed by atoms with E-state index in [0.717, 1.165) is 13.8 Å². The van der Waals surface area contributed by atoms with Crippen LogP contribution in [0.5, 0.6) is 5.75 Å². The molecule has 2 nitrogen and oxygen atoms in total. The summed E-state index contributed by atoms with van der Waals surface area (Å²) in [7, 11) is 1.59. The Morgan fingerprint density at radius 2 is 2.15 bits per heavy atom. The molecule has 0 fully saturated rings. The number of carbonyl (C=O) groups excluding carboxylic acids is 1. The highest BCUT2D eigenvalue weighted by molar-refractivity contribution is 14.1. The van der Waals surface area contributed by atoms with Gasteiger partial charge in [0.2, 0.25) is 0 Å². The Hall–Kier alpha value is -0.100. The number of hydrogen-bond donors (Lipinski definition) is 0. The van der Waals surface area contributed by atoms with Crippen molar-refractivity contribution in [3.05, 3.63) is 25.7 Å². The molecule has 4 heteroatoms. The van der Waals surface area contributed by atoms with E-state index in [1.54, 1.807) is 19.2 Å². The van der Waals surface area contributed by atoms with E-state index in [-0.39, 0.29) is 5.78 Å². The van der Waals surface area contributed by atoms with Gasteiger partial charge in [-0.3, -0.25) is 4.79 Å². The predicted octanol–water partition coefficient (Wildman–Crippen LogP) is 3.26. The molecule has 0 saturated heterocycles. The van der Waals surface area contributed by atoms with Crippen LogP contribution in [0.2, 0.25) is 0 Å². The number of carbonyl (C=O) groups is 1. The summed E-state index contributed by atoms with van der Waals surface area (Å²) < 4.78 is 6.99. The van der Waals surface area contributed by atoms with Gasteiger partial charge in [-0.1, -0.05) is 0 Å². The first-order chi connectivity index (χ1) is 6.06. The Balaban J connectivity index is 3.30. The van der Waals surface area contributed by atoms with E-state index in [4.69, 9.17) is 4.74 Å². The minimum atomic E-state index is 0.0374. The summed E-state index contributed by atoms with van der Waals surface area (Å²) in [5.74, 6) is 0.760. The van der Waals surface area contributed by atoms with Crippen molar-refractivity contribution >= 4 is 44.3 Å². The topological polar surface area (TPSA) is 26.3 Å². The second-order valence-electron chi connectivity index (χ2n) is 2.53. The van der Waals surface area contributed by atoms with Crippen molar-refractivity contribution in [1.82, 2.24) is 0 Å². The third-order valence-electron chi connectivity index (χ3n) is 1.62. The zero-order valence-corrected chi connectivity index (χ0v) is 11.0. The van der Waals surface area contributed by atoms with Gasteiger partial charge in [-0.25, -0.2) is 0 Å². The van der Waals surface area contributed by atoms with Crippen LogP contribution in [0.1, 0.15) is 17.3 Å². The van der Waals surface area contributed by atoms with Crippen LogP contribution >= 0.6 is 38.5 Å². The second kappa shape index (κ2) is 4.41. The van der Waals surface area contributed by atoms with Gasteiger partial charge >= 0.3 is 0 Å². The molecule has 1 rings (SSSR count). The quantitative estimate of drug-likeness (QED) is 0.602. The molecule has 0 saturated carbocycles. The zero-order chi connectivity index (χ0) is 10.0. The first-order valence-electron chi connectivity index (χ1n) is 3.60. The molecule has 0 aromatic heterocycles. The summed E-state index contributed by atoms with van der Waals surface area (Å²) >= 11 is 5.53. The van der Waals surface area contributed by atoms with Crippen molar-refractivity contribution in [3.63, 3.8) is 0 Å². The number of benzene rings is 1. The molecule has 0 atom stereocenters. The Kier molecular flexibility index (Phi) is 3.73. The number of halogens is 2. The van der Waals surface area contributed by atoms with Crippen molar-refractivity contribution < 1.29 is 9.53 Å². The van der Waals surface area contributed by atoms with Crippen LogP contribution in [0.25, 0.3) is 0 Å². The SMILES string of the molecule is COc1cc(C(C)=O)cc(Br)c1I. The van der Waals surface area contributed by atoms with Gasteiger partial charge in [0.1, 0.15) is 5.75 Å². The Bertz CT molecular complexity index is 350. The summed E-state index contributed by atoms with van der Waals surface area (Å²) in [4.78, 5) is 11.1. The normalized spacial score (nSPS) is 9.85. The lowest BCUT2D eigenvalue weighted by Crippen LogP contribution is -1.96. The molecule has 0 heterocycles. The summed E-state index contributed by atoms with van der Waals surface area (Å²) in [6.45, 7) is 1.54. The molecular formula is C9H8BrIO2. The van der Waals surface area contributed by atoms with Crippen LogP contribution in [0.4, 0.5) is 0 Å². The van der Waals surface area contributed by atoms with Crippen LogP contribution in [-0.2, 0) is 0 Å². The largest absolute Gasteiger partial charge is 0.496 e. The highest BCUT2D eigenvalue weighted by Gasteiger charge is 2.09. The van der Waals surface area contributed by atoms with Gasteiger partial charge in [0.15, 0.2) is 5.78 Å². The minimum absolute atomic E-state index is 0.0374. The molecule has 0 N–H and O–H groups in total. The molecule has 0 unspecified atom stereocenters. The fourth-order valence-corrected chi connectivity index (χ4v) is 1.89. The maximum atomic E-state index is 11.1. The maximum absolute atomic E-state index is 11.1. The lowest BCUT2D eigenvalue weighted by atomic mass is 10.1. The van der Waals surface area contributed by atoms with Gasteiger partial charge in [-0.2, -0.15) is 0 Å². The molecule has 0 aliphatic carbocycles. The van der Waals surface area contributed by atoms with Crippen molar-refractivity contribution in [1.29, 1.82) is 0 Å². The summed E-state index contributed by atoms with van der Waals surface area (Å²) in [6, 6.07) is 3.54. The van der Waals surface area contributed by atoms with Crippen LogP contribution in [0.3, 0.4) is 0 Å². The molecular weight excluding hydrogens is 347 g/mol. The van der Waals surface area contributed by atoms with Crippen LogP contribution in [0, 0.1) is 3.57 Å². The lowest BCUT2D eigenvalue weighted by molar-refractivity contribution is 0.101. The average Bonchev–Trinajstić information content (AvgIpc) is 2.09. The van der Waals surface area contributed by atoms with Crippen LogP contribution in [-0.4, -0.2) is 12.9 Å². The molecule has 0 bridgehead atoms. The van der Waals surface area contributed by atoms with Gasteiger partial charge in [0.05, 0.1) is 10.7 Å². The van der Waals surface area contributed by atoms with E-state index in [9.17, 15) is 4.79 Å². The smallest absolute Gasteiger partial charge is 0.159 e. The third-order valence-corrected chi connectivity index (χ3v) is 4.10. The first-order valence-corrected chi connectivity index (χ1v) is 5.47. The molecule has 0 aliphatic rings. The predicted molar refractivity (Wildman–Crippen MR) is 63.4 cm³/mol. The van der Waals surface area contributed by atoms with E-state index in [1.807, 2.05) is 0 Å². The molecule has 1 aromatic carbocycles. The molecule has 0 amide bonds. The van der Waals surface area contributed by atoms with E-state index in [1.165, 1.54) is 6.92 Å². The molecule has 1 aromatic rings. The highest BCUT2D eigenvalue weighted by Crippen LogP contribution is 2.30. The zero-order valence-electron chi connectivity index (χ0n) is 7.23. The molecule has 13 heavy (non-hydrogen) atoms. The number of hydrogen-bond acceptors (Lipinski definition) is 2. The van der Waals surface area contributed by atoms with Gasteiger partial charge < -0.3 is 4.74 Å². The average molecular weight is 355 g/mol. The molecule has 0 spiro atoms. The van der Waals surface area contributed by atoms with Crippen molar-refractivity contribution in [2.75, 3.05) is 7.11 Å². The van der Waals surface area contributed by atoms with Gasteiger partial charge in [-0.05, 0) is 57.6 Å². The number of methoxy groups -OCH3 is 1. The standard InChI is InChI=1S/C9H8BrIO2/c1-5(12)6-3-7(10)9(11)8(4-6)13-2/h3-4H,1-2H3. The summed E-state index contributed by atoms with van der Waals surface area (Å²) in [5, 5.41) is 0.